The van der Waals surface area contributed by atoms with E-state index in [-0.39, 0.29) is 11.7 Å². The van der Waals surface area contributed by atoms with Gasteiger partial charge in [0.15, 0.2) is 0 Å². The Kier molecular flexibility index (Phi) is 4.53. The average molecular weight is 220 g/mol. The van der Waals surface area contributed by atoms with Crippen molar-refractivity contribution in [1.82, 2.24) is 0 Å². The molecule has 1 rings (SSSR count). The first-order valence-electron chi connectivity index (χ1n) is 5.74. The number of rotatable bonds is 5. The summed E-state index contributed by atoms with van der Waals surface area (Å²) in [4.78, 5) is 11.4. The van der Waals surface area contributed by atoms with Crippen LogP contribution >= 0.6 is 0 Å². The molecule has 0 spiro atoms. The summed E-state index contributed by atoms with van der Waals surface area (Å²) < 4.78 is 5.67. The molecule has 0 atom stereocenters. The molecule has 0 aliphatic carbocycles. The van der Waals surface area contributed by atoms with E-state index in [1.807, 2.05) is 45.9 Å². The van der Waals surface area contributed by atoms with Crippen molar-refractivity contribution in [2.24, 2.45) is 5.92 Å². The lowest BCUT2D eigenvalue weighted by Gasteiger charge is -2.12. The van der Waals surface area contributed by atoms with Crippen LogP contribution in [0.25, 0.3) is 0 Å². The lowest BCUT2D eigenvalue weighted by Crippen LogP contribution is -2.12. The van der Waals surface area contributed by atoms with Crippen molar-refractivity contribution in [3.63, 3.8) is 0 Å². The van der Waals surface area contributed by atoms with E-state index in [1.54, 1.807) is 0 Å². The summed E-state index contributed by atoms with van der Waals surface area (Å²) in [7, 11) is 0. The maximum Gasteiger partial charge on any atom is 0.138 e. The van der Waals surface area contributed by atoms with Crippen LogP contribution in [0.2, 0.25) is 0 Å². The Morgan fingerprint density at radius 3 is 2.31 bits per heavy atom. The zero-order valence-electron chi connectivity index (χ0n) is 10.5. The van der Waals surface area contributed by atoms with Gasteiger partial charge in [0.2, 0.25) is 0 Å². The van der Waals surface area contributed by atoms with Crippen molar-refractivity contribution in [2.75, 3.05) is 6.61 Å². The van der Waals surface area contributed by atoms with E-state index in [1.165, 1.54) is 0 Å². The molecule has 0 aliphatic heterocycles. The zero-order valence-corrected chi connectivity index (χ0v) is 10.5. The lowest BCUT2D eigenvalue weighted by molar-refractivity contribution is -0.122. The summed E-state index contributed by atoms with van der Waals surface area (Å²) in [5, 5.41) is 0. The van der Waals surface area contributed by atoms with Crippen molar-refractivity contribution >= 4 is 5.78 Å². The number of carbonyl (C=O) groups is 1. The summed E-state index contributed by atoms with van der Waals surface area (Å²) in [5.74, 6) is 1.27. The number of Topliss-reactive ketones (excluding diaryl/α,β-unsaturated/α-hetero) is 1. The maximum atomic E-state index is 11.4. The average Bonchev–Trinajstić information content (AvgIpc) is 2.22. The second-order valence-corrected chi connectivity index (χ2v) is 4.44. The number of aryl methyl sites for hydroxylation is 2. The van der Waals surface area contributed by atoms with Crippen LogP contribution in [0, 0.1) is 19.8 Å². The van der Waals surface area contributed by atoms with Crippen molar-refractivity contribution in [3.8, 4) is 5.75 Å². The highest BCUT2D eigenvalue weighted by Gasteiger charge is 2.08. The van der Waals surface area contributed by atoms with Gasteiger partial charge in [0.1, 0.15) is 11.5 Å². The van der Waals surface area contributed by atoms with Crippen LogP contribution in [0.4, 0.5) is 0 Å². The Balaban J connectivity index is 2.52. The molecular weight excluding hydrogens is 200 g/mol. The lowest BCUT2D eigenvalue weighted by atomic mass is 10.1. The van der Waals surface area contributed by atoms with E-state index in [0.717, 1.165) is 16.9 Å². The molecule has 0 unspecified atom stereocenters. The molecule has 0 saturated carbocycles. The third-order valence-corrected chi connectivity index (χ3v) is 2.65. The number of para-hydroxylation sites is 1. The first-order valence-corrected chi connectivity index (χ1v) is 5.74. The standard InChI is InChI=1S/C14H20O2/c1-10(2)13(15)8-9-16-14-11(3)6-5-7-12(14)4/h5-7,10H,8-9H2,1-4H3. The minimum Gasteiger partial charge on any atom is -0.493 e. The summed E-state index contributed by atoms with van der Waals surface area (Å²) in [6.45, 7) is 8.35. The van der Waals surface area contributed by atoms with Gasteiger partial charge in [-0.3, -0.25) is 4.79 Å². The summed E-state index contributed by atoms with van der Waals surface area (Å²) >= 11 is 0. The molecule has 2 heteroatoms. The van der Waals surface area contributed by atoms with Gasteiger partial charge in [0, 0.05) is 12.3 Å². The molecule has 0 radical (unpaired) electrons. The molecule has 1 aromatic carbocycles. The highest BCUT2D eigenvalue weighted by molar-refractivity contribution is 5.80. The molecule has 0 fully saturated rings. The number of ether oxygens (including phenoxy) is 1. The van der Waals surface area contributed by atoms with Crippen LogP contribution < -0.4 is 4.74 Å². The van der Waals surface area contributed by atoms with Crippen LogP contribution in [-0.2, 0) is 4.79 Å². The van der Waals surface area contributed by atoms with Crippen molar-refractivity contribution in [1.29, 1.82) is 0 Å². The van der Waals surface area contributed by atoms with Gasteiger partial charge in [-0.25, -0.2) is 0 Å². The number of benzene rings is 1. The first-order chi connectivity index (χ1) is 7.52. The molecule has 0 aromatic heterocycles. The smallest absolute Gasteiger partial charge is 0.138 e. The minimum atomic E-state index is 0.0987. The Labute approximate surface area is 97.6 Å². The van der Waals surface area contributed by atoms with Crippen LogP contribution in [0.15, 0.2) is 18.2 Å². The van der Waals surface area contributed by atoms with Crippen molar-refractivity contribution in [3.05, 3.63) is 29.3 Å². The molecule has 0 aliphatic rings. The van der Waals surface area contributed by atoms with Gasteiger partial charge in [-0.05, 0) is 25.0 Å². The van der Waals surface area contributed by atoms with Gasteiger partial charge >= 0.3 is 0 Å². The quantitative estimate of drug-likeness (QED) is 0.761. The summed E-state index contributed by atoms with van der Waals surface area (Å²) in [5.41, 5.74) is 2.24. The number of ketones is 1. The second-order valence-electron chi connectivity index (χ2n) is 4.44. The highest BCUT2D eigenvalue weighted by atomic mass is 16.5. The van der Waals surface area contributed by atoms with Crippen LogP contribution in [-0.4, -0.2) is 12.4 Å². The van der Waals surface area contributed by atoms with Gasteiger partial charge in [-0.1, -0.05) is 32.0 Å². The summed E-state index contributed by atoms with van der Waals surface area (Å²) in [6, 6.07) is 6.05. The second kappa shape index (κ2) is 5.69. The van der Waals surface area contributed by atoms with Crippen molar-refractivity contribution < 1.29 is 9.53 Å². The van der Waals surface area contributed by atoms with Gasteiger partial charge in [0.05, 0.1) is 6.61 Å². The molecule has 88 valence electrons. The fourth-order valence-electron chi connectivity index (χ4n) is 1.57. The highest BCUT2D eigenvalue weighted by Crippen LogP contribution is 2.22. The van der Waals surface area contributed by atoms with E-state index < -0.39 is 0 Å². The molecule has 0 bridgehead atoms. The molecule has 0 saturated heterocycles. The SMILES string of the molecule is Cc1cccc(C)c1OCCC(=O)C(C)C. The Hall–Kier alpha value is -1.31. The fourth-order valence-corrected chi connectivity index (χ4v) is 1.57. The monoisotopic (exact) mass is 220 g/mol. The van der Waals surface area contributed by atoms with E-state index in [0.29, 0.717) is 13.0 Å². The molecule has 16 heavy (non-hydrogen) atoms. The van der Waals surface area contributed by atoms with E-state index in [2.05, 4.69) is 0 Å². The Morgan fingerprint density at radius 1 is 1.25 bits per heavy atom. The van der Waals surface area contributed by atoms with Crippen LogP contribution in [0.3, 0.4) is 0 Å². The van der Waals surface area contributed by atoms with Gasteiger partial charge in [-0.15, -0.1) is 0 Å². The van der Waals surface area contributed by atoms with E-state index >= 15 is 0 Å². The van der Waals surface area contributed by atoms with Gasteiger partial charge in [-0.2, -0.15) is 0 Å². The third kappa shape index (κ3) is 3.37. The number of hydrogen-bond acceptors (Lipinski definition) is 2. The predicted octanol–water partition coefficient (Wildman–Crippen LogP) is 3.30. The molecule has 0 heterocycles. The van der Waals surface area contributed by atoms with Gasteiger partial charge in [0.25, 0.3) is 0 Å². The van der Waals surface area contributed by atoms with Crippen molar-refractivity contribution in [2.45, 2.75) is 34.1 Å². The zero-order chi connectivity index (χ0) is 12.1. The molecule has 2 nitrogen and oxygen atoms in total. The number of hydrogen-bond donors (Lipinski definition) is 0. The first kappa shape index (κ1) is 12.8. The van der Waals surface area contributed by atoms with E-state index in [4.69, 9.17) is 4.74 Å². The molecule has 0 amide bonds. The molecule has 1 aromatic rings. The minimum absolute atomic E-state index is 0.0987. The normalized spacial score (nSPS) is 10.6. The Morgan fingerprint density at radius 2 is 1.81 bits per heavy atom. The van der Waals surface area contributed by atoms with E-state index in [9.17, 15) is 4.79 Å². The van der Waals surface area contributed by atoms with Crippen LogP contribution in [0.5, 0.6) is 5.75 Å². The summed E-state index contributed by atoms with van der Waals surface area (Å²) in [6.07, 6.45) is 0.492. The van der Waals surface area contributed by atoms with Gasteiger partial charge < -0.3 is 4.74 Å². The maximum absolute atomic E-state index is 11.4. The largest absolute Gasteiger partial charge is 0.493 e. The molecule has 0 N–H and O–H groups in total. The molecular formula is C14H20O2. The predicted molar refractivity (Wildman–Crippen MR) is 65.9 cm³/mol. The van der Waals surface area contributed by atoms with Crippen LogP contribution in [0.1, 0.15) is 31.4 Å². The third-order valence-electron chi connectivity index (χ3n) is 2.65. The number of carbonyl (C=O) groups excluding carboxylic acids is 1. The topological polar surface area (TPSA) is 26.3 Å². The Bertz CT molecular complexity index is 347. The fraction of sp³-hybridized carbons (Fsp3) is 0.500.